The summed E-state index contributed by atoms with van der Waals surface area (Å²) in [6, 6.07) is 4.61. The van der Waals surface area contributed by atoms with E-state index in [1.165, 1.54) is 18.5 Å². The molecule has 4 atom stereocenters. The van der Waals surface area contributed by atoms with Gasteiger partial charge in [0, 0.05) is 6.04 Å². The van der Waals surface area contributed by atoms with Gasteiger partial charge in [-0.15, -0.1) is 0 Å². The highest BCUT2D eigenvalue weighted by atomic mass is 19.4. The molecule has 2 fully saturated rings. The number of anilines is 1. The quantitative estimate of drug-likeness (QED) is 0.374. The Hall–Kier alpha value is -3.00. The van der Waals surface area contributed by atoms with Crippen molar-refractivity contribution in [1.29, 1.82) is 0 Å². The summed E-state index contributed by atoms with van der Waals surface area (Å²) in [5.74, 6) is 0.432. The molecule has 1 saturated carbocycles. The fraction of sp³-hybridized carbons (Fsp3) is 0.560. The summed E-state index contributed by atoms with van der Waals surface area (Å²) in [5, 5.41) is 34.7. The molecule has 10 nitrogen and oxygen atoms in total. The number of hydrogen-bond donors (Lipinski definition) is 4. The van der Waals surface area contributed by atoms with Crippen LogP contribution in [0.25, 0.3) is 11.2 Å². The highest BCUT2D eigenvalue weighted by molar-refractivity contribution is 5.79. The molecule has 13 heteroatoms. The maximum atomic E-state index is 12.9. The second-order valence-electron chi connectivity index (χ2n) is 10.3. The van der Waals surface area contributed by atoms with Crippen molar-refractivity contribution in [2.75, 3.05) is 5.32 Å². The van der Waals surface area contributed by atoms with Crippen molar-refractivity contribution in [3.63, 3.8) is 0 Å². The molecule has 0 unspecified atom stereocenters. The van der Waals surface area contributed by atoms with Crippen LogP contribution in [0.4, 0.5) is 19.1 Å². The fourth-order valence-corrected chi connectivity index (χ4v) is 4.89. The molecule has 3 aromatic rings. The molecule has 1 aliphatic heterocycles. The Kier molecular flexibility index (Phi) is 6.97. The van der Waals surface area contributed by atoms with Crippen LogP contribution in [0.1, 0.15) is 56.9 Å². The second-order valence-corrected chi connectivity index (χ2v) is 10.3. The molecule has 0 bridgehead atoms. The summed E-state index contributed by atoms with van der Waals surface area (Å²) in [6.45, 7) is 3.40. The first-order valence-electron chi connectivity index (χ1n) is 12.5. The van der Waals surface area contributed by atoms with Gasteiger partial charge in [-0.3, -0.25) is 4.57 Å². The highest BCUT2D eigenvalue weighted by Crippen LogP contribution is 2.37. The number of aliphatic hydroxyl groups is 3. The maximum Gasteiger partial charge on any atom is 0.416 e. The van der Waals surface area contributed by atoms with Crippen LogP contribution in [0.5, 0.6) is 5.88 Å². The predicted octanol–water partition coefficient (Wildman–Crippen LogP) is 3.17. The Morgan fingerprint density at radius 3 is 2.42 bits per heavy atom. The van der Waals surface area contributed by atoms with Gasteiger partial charge >= 0.3 is 6.18 Å². The molecule has 2 aliphatic rings. The van der Waals surface area contributed by atoms with E-state index in [0.29, 0.717) is 37.2 Å². The fourth-order valence-electron chi connectivity index (χ4n) is 4.89. The van der Waals surface area contributed by atoms with E-state index in [4.69, 9.17) is 9.47 Å². The van der Waals surface area contributed by atoms with Gasteiger partial charge in [-0.1, -0.05) is 12.1 Å². The number of benzene rings is 1. The van der Waals surface area contributed by atoms with Gasteiger partial charge < -0.3 is 30.1 Å². The Labute approximate surface area is 216 Å². The number of aliphatic hydroxyl groups excluding tert-OH is 2. The number of hydrogen-bond acceptors (Lipinski definition) is 9. The molecule has 5 rings (SSSR count). The molecule has 206 valence electrons. The average Bonchev–Trinajstić information content (AvgIpc) is 3.35. The monoisotopic (exact) mass is 537 g/mol. The number of alkyl halides is 3. The SMILES string of the molecule is C[C@H]1O[C@@H](n2c(NC3CCC(C)(O)CC3)nc3c(OCc4ccc(C(F)(F)F)cc4)ncnc32)[C@H](O)[C@@H]1O. The van der Waals surface area contributed by atoms with E-state index in [9.17, 15) is 28.5 Å². The van der Waals surface area contributed by atoms with Gasteiger partial charge in [-0.2, -0.15) is 18.2 Å². The standard InChI is InChI=1S/C25H30F3N5O5/c1-13-18(34)19(35)22(38-13)33-20-17(32-23(33)31-16-7-9-24(2,36)10-8-16)21(30-12-29-20)37-11-14-3-5-15(6-4-14)25(26,27)28/h3-6,12-13,16,18-19,22,34-36H,7-11H2,1-2H3,(H,31,32)/t13-,16?,18-,19-,22-,24?/m1/s1. The van der Waals surface area contributed by atoms with Crippen LogP contribution in [-0.2, 0) is 17.5 Å². The number of fused-ring (bicyclic) bond motifs is 1. The smallest absolute Gasteiger partial charge is 0.416 e. The number of nitrogens with one attached hydrogen (secondary N) is 1. The van der Waals surface area contributed by atoms with Crippen LogP contribution in [0.15, 0.2) is 30.6 Å². The van der Waals surface area contributed by atoms with Crippen LogP contribution in [0.3, 0.4) is 0 Å². The zero-order chi connectivity index (χ0) is 27.2. The summed E-state index contributed by atoms with van der Waals surface area (Å²) >= 11 is 0. The molecular formula is C25H30F3N5O5. The topological polar surface area (TPSA) is 135 Å². The molecule has 0 amide bonds. The van der Waals surface area contributed by atoms with E-state index >= 15 is 0 Å². The van der Waals surface area contributed by atoms with Crippen LogP contribution in [0, 0.1) is 0 Å². The number of ether oxygens (including phenoxy) is 2. The molecule has 38 heavy (non-hydrogen) atoms. The van der Waals surface area contributed by atoms with E-state index in [2.05, 4.69) is 20.3 Å². The van der Waals surface area contributed by atoms with Crippen molar-refractivity contribution in [2.45, 2.75) is 88.5 Å². The lowest BCUT2D eigenvalue weighted by molar-refractivity contribution is -0.137. The minimum atomic E-state index is -4.43. The van der Waals surface area contributed by atoms with Gasteiger partial charge in [0.2, 0.25) is 11.8 Å². The first-order valence-corrected chi connectivity index (χ1v) is 12.5. The lowest BCUT2D eigenvalue weighted by atomic mass is 9.84. The zero-order valence-corrected chi connectivity index (χ0v) is 20.9. The molecule has 3 heterocycles. The van der Waals surface area contributed by atoms with Crippen molar-refractivity contribution in [3.8, 4) is 5.88 Å². The van der Waals surface area contributed by atoms with Gasteiger partial charge in [0.1, 0.15) is 25.1 Å². The Morgan fingerprint density at radius 1 is 1.13 bits per heavy atom. The molecule has 1 aromatic carbocycles. The Balaban J connectivity index is 1.45. The van der Waals surface area contributed by atoms with Crippen molar-refractivity contribution >= 4 is 17.1 Å². The van der Waals surface area contributed by atoms with E-state index in [-0.39, 0.29) is 29.7 Å². The number of nitrogens with zero attached hydrogens (tertiary/aromatic N) is 4. The predicted molar refractivity (Wildman–Crippen MR) is 129 cm³/mol. The molecule has 1 saturated heterocycles. The third-order valence-electron chi connectivity index (χ3n) is 7.23. The summed E-state index contributed by atoms with van der Waals surface area (Å²) in [6.07, 6.45) is -4.59. The van der Waals surface area contributed by atoms with E-state index in [1.54, 1.807) is 18.4 Å². The average molecular weight is 538 g/mol. The third kappa shape index (κ3) is 5.28. The van der Waals surface area contributed by atoms with Gasteiger partial charge in [0.15, 0.2) is 17.4 Å². The van der Waals surface area contributed by atoms with E-state index < -0.39 is 41.9 Å². The third-order valence-corrected chi connectivity index (χ3v) is 7.23. The highest BCUT2D eigenvalue weighted by Gasteiger charge is 2.43. The number of rotatable bonds is 6. The van der Waals surface area contributed by atoms with Crippen molar-refractivity contribution in [2.24, 2.45) is 0 Å². The number of halogens is 3. The summed E-state index contributed by atoms with van der Waals surface area (Å²) in [4.78, 5) is 13.2. The van der Waals surface area contributed by atoms with Gasteiger partial charge in [-0.25, -0.2) is 9.97 Å². The summed E-state index contributed by atoms with van der Waals surface area (Å²) in [5.41, 5.74) is -0.431. The Bertz CT molecular complexity index is 1270. The largest absolute Gasteiger partial charge is 0.471 e. The molecule has 4 N–H and O–H groups in total. The molecule has 1 aliphatic carbocycles. The number of imidazole rings is 1. The Morgan fingerprint density at radius 2 is 1.82 bits per heavy atom. The number of aromatic nitrogens is 4. The van der Waals surface area contributed by atoms with Crippen LogP contribution in [0.2, 0.25) is 0 Å². The molecule has 2 aromatic heterocycles. The maximum absolute atomic E-state index is 12.9. The second kappa shape index (κ2) is 9.95. The first kappa shape index (κ1) is 26.6. The summed E-state index contributed by atoms with van der Waals surface area (Å²) < 4.78 is 51.9. The van der Waals surface area contributed by atoms with Crippen molar-refractivity contribution in [1.82, 2.24) is 19.5 Å². The molecular weight excluding hydrogens is 507 g/mol. The van der Waals surface area contributed by atoms with Crippen LogP contribution in [-0.4, -0.2) is 64.8 Å². The van der Waals surface area contributed by atoms with Crippen LogP contribution >= 0.6 is 0 Å². The van der Waals surface area contributed by atoms with E-state index in [1.807, 2.05) is 0 Å². The van der Waals surface area contributed by atoms with Gasteiger partial charge in [0.05, 0.1) is 17.3 Å². The minimum absolute atomic E-state index is 0.0174. The first-order chi connectivity index (χ1) is 17.9. The molecule has 0 radical (unpaired) electrons. The van der Waals surface area contributed by atoms with Gasteiger partial charge in [-0.05, 0) is 57.2 Å². The van der Waals surface area contributed by atoms with Gasteiger partial charge in [0.25, 0.3) is 0 Å². The lowest BCUT2D eigenvalue weighted by Gasteiger charge is -2.34. The zero-order valence-electron chi connectivity index (χ0n) is 20.9. The lowest BCUT2D eigenvalue weighted by Crippen LogP contribution is -2.37. The molecule has 0 spiro atoms. The summed E-state index contributed by atoms with van der Waals surface area (Å²) in [7, 11) is 0. The van der Waals surface area contributed by atoms with Crippen molar-refractivity contribution in [3.05, 3.63) is 41.7 Å². The van der Waals surface area contributed by atoms with Crippen LogP contribution < -0.4 is 10.1 Å². The minimum Gasteiger partial charge on any atom is -0.471 e. The normalized spacial score (nSPS) is 30.1. The van der Waals surface area contributed by atoms with Crippen molar-refractivity contribution < 1.29 is 38.0 Å². The van der Waals surface area contributed by atoms with E-state index in [0.717, 1.165) is 12.1 Å².